The van der Waals surface area contributed by atoms with Gasteiger partial charge >= 0.3 is 12.3 Å². The number of likely N-dealkylation sites (N-methyl/N-ethyl adjacent to an activating group) is 1. The van der Waals surface area contributed by atoms with E-state index in [1.807, 2.05) is 24.4 Å². The second-order valence-electron chi connectivity index (χ2n) is 4.11. The van der Waals surface area contributed by atoms with Crippen LogP contribution in [-0.4, -0.2) is 38.1 Å². The summed E-state index contributed by atoms with van der Waals surface area (Å²) < 4.78 is 54.0. The van der Waals surface area contributed by atoms with Crippen molar-refractivity contribution in [1.29, 1.82) is 0 Å². The first kappa shape index (κ1) is 16.4. The predicted octanol–water partition coefficient (Wildman–Crippen LogP) is 3.19. The molecule has 1 heterocycles. The van der Waals surface area contributed by atoms with Gasteiger partial charge in [-0.05, 0) is 24.4 Å². The molecule has 1 aromatic rings. The summed E-state index contributed by atoms with van der Waals surface area (Å²) in [5, 5.41) is 5.01. The fourth-order valence-electron chi connectivity index (χ4n) is 1.55. The van der Waals surface area contributed by atoms with Crippen molar-refractivity contribution < 1.29 is 22.3 Å². The van der Waals surface area contributed by atoms with Gasteiger partial charge in [0.15, 0.2) is 0 Å². The number of alkyl halides is 4. The van der Waals surface area contributed by atoms with Gasteiger partial charge in [0, 0.05) is 10.9 Å². The predicted molar refractivity (Wildman–Crippen MR) is 67.3 cm³/mol. The molecular formula is C12H17F4NOS. The molecular weight excluding hydrogens is 282 g/mol. The monoisotopic (exact) mass is 299 g/mol. The van der Waals surface area contributed by atoms with Gasteiger partial charge in [-0.1, -0.05) is 13.0 Å². The van der Waals surface area contributed by atoms with E-state index in [-0.39, 0.29) is 12.6 Å². The van der Waals surface area contributed by atoms with Crippen molar-refractivity contribution in [2.45, 2.75) is 31.7 Å². The minimum Gasteiger partial charge on any atom is -0.373 e. The zero-order valence-electron chi connectivity index (χ0n) is 10.5. The molecule has 0 aliphatic rings. The molecule has 0 aromatic carbocycles. The molecule has 0 radical (unpaired) electrons. The SMILES string of the molecule is CCNC(COCC(F)(F)C(F)F)Cc1cccs1. The first-order valence-corrected chi connectivity index (χ1v) is 6.83. The second-order valence-corrected chi connectivity index (χ2v) is 5.15. The molecule has 0 fully saturated rings. The Hall–Kier alpha value is -0.660. The molecule has 1 rings (SSSR count). The fraction of sp³-hybridized carbons (Fsp3) is 0.667. The summed E-state index contributed by atoms with van der Waals surface area (Å²) in [5.41, 5.74) is 0. The highest BCUT2D eigenvalue weighted by molar-refractivity contribution is 7.09. The number of hydrogen-bond acceptors (Lipinski definition) is 3. The van der Waals surface area contributed by atoms with Gasteiger partial charge in [0.2, 0.25) is 0 Å². The summed E-state index contributed by atoms with van der Waals surface area (Å²) in [6, 6.07) is 3.68. The van der Waals surface area contributed by atoms with Crippen molar-refractivity contribution in [2.75, 3.05) is 19.8 Å². The topological polar surface area (TPSA) is 21.3 Å². The second kappa shape index (κ2) is 7.81. The summed E-state index contributed by atoms with van der Waals surface area (Å²) in [6.45, 7) is 1.27. The molecule has 1 N–H and O–H groups in total. The van der Waals surface area contributed by atoms with E-state index in [0.717, 1.165) is 4.88 Å². The number of hydrogen-bond donors (Lipinski definition) is 1. The molecule has 1 aromatic heterocycles. The Kier molecular flexibility index (Phi) is 6.74. The van der Waals surface area contributed by atoms with E-state index >= 15 is 0 Å². The molecule has 0 aliphatic carbocycles. The molecule has 2 nitrogen and oxygen atoms in total. The highest BCUT2D eigenvalue weighted by Crippen LogP contribution is 2.23. The van der Waals surface area contributed by atoms with Crippen molar-refractivity contribution in [3.8, 4) is 0 Å². The van der Waals surface area contributed by atoms with Crippen molar-refractivity contribution in [1.82, 2.24) is 5.32 Å². The number of halogens is 4. The average molecular weight is 299 g/mol. The van der Waals surface area contributed by atoms with Crippen molar-refractivity contribution in [3.63, 3.8) is 0 Å². The van der Waals surface area contributed by atoms with Crippen LogP contribution in [0.5, 0.6) is 0 Å². The van der Waals surface area contributed by atoms with Crippen molar-refractivity contribution >= 4 is 11.3 Å². The van der Waals surface area contributed by atoms with Crippen LogP contribution in [0.4, 0.5) is 17.6 Å². The molecule has 110 valence electrons. The fourth-order valence-corrected chi connectivity index (χ4v) is 2.34. The lowest BCUT2D eigenvalue weighted by molar-refractivity contribution is -0.167. The maximum atomic E-state index is 12.7. The van der Waals surface area contributed by atoms with Gasteiger partial charge in [0.05, 0.1) is 6.61 Å². The maximum Gasteiger partial charge on any atom is 0.330 e. The molecule has 0 saturated heterocycles. The van der Waals surface area contributed by atoms with Crippen LogP contribution in [0.25, 0.3) is 0 Å². The summed E-state index contributed by atoms with van der Waals surface area (Å²) >= 11 is 1.56. The van der Waals surface area contributed by atoms with Crippen molar-refractivity contribution in [3.05, 3.63) is 22.4 Å². The molecule has 0 spiro atoms. The van der Waals surface area contributed by atoms with Gasteiger partial charge in [-0.15, -0.1) is 11.3 Å². The number of rotatable bonds is 9. The Morgan fingerprint density at radius 3 is 2.68 bits per heavy atom. The first-order chi connectivity index (χ1) is 8.95. The summed E-state index contributed by atoms with van der Waals surface area (Å²) in [5.74, 6) is -4.08. The third-order valence-electron chi connectivity index (χ3n) is 2.45. The third kappa shape index (κ3) is 5.88. The molecule has 0 amide bonds. The Balaban J connectivity index is 2.37. The smallest absolute Gasteiger partial charge is 0.330 e. The van der Waals surface area contributed by atoms with Gasteiger partial charge in [0.1, 0.15) is 6.61 Å². The highest BCUT2D eigenvalue weighted by Gasteiger charge is 2.41. The van der Waals surface area contributed by atoms with E-state index in [1.165, 1.54) is 0 Å². The Bertz CT molecular complexity index is 346. The lowest BCUT2D eigenvalue weighted by atomic mass is 10.2. The number of ether oxygens (including phenoxy) is 1. The molecule has 1 unspecified atom stereocenters. The van der Waals surface area contributed by atoms with Gasteiger partial charge in [-0.3, -0.25) is 0 Å². The number of nitrogens with one attached hydrogen (secondary N) is 1. The molecule has 19 heavy (non-hydrogen) atoms. The standard InChI is InChI=1S/C12H17F4NOS/c1-2-17-9(6-10-4-3-5-19-10)7-18-8-12(15,16)11(13)14/h3-5,9,11,17H,2,6-8H2,1H3. The minimum absolute atomic E-state index is 0.0198. The molecule has 0 bridgehead atoms. The Labute approximate surface area is 113 Å². The van der Waals surface area contributed by atoms with Crippen LogP contribution in [0.2, 0.25) is 0 Å². The van der Waals surface area contributed by atoms with Gasteiger partial charge < -0.3 is 10.1 Å². The molecule has 1 atom stereocenters. The Morgan fingerprint density at radius 2 is 2.16 bits per heavy atom. The summed E-state index contributed by atoms with van der Waals surface area (Å²) in [7, 11) is 0. The highest BCUT2D eigenvalue weighted by atomic mass is 32.1. The first-order valence-electron chi connectivity index (χ1n) is 5.95. The number of thiophene rings is 1. The normalized spacial score (nSPS) is 14.0. The average Bonchev–Trinajstić information content (AvgIpc) is 2.81. The van der Waals surface area contributed by atoms with E-state index in [0.29, 0.717) is 13.0 Å². The van der Waals surface area contributed by atoms with Crippen LogP contribution in [0, 0.1) is 0 Å². The molecule has 0 saturated carbocycles. The minimum atomic E-state index is -4.08. The molecule has 0 aliphatic heterocycles. The van der Waals surface area contributed by atoms with E-state index < -0.39 is 19.0 Å². The van der Waals surface area contributed by atoms with Crippen LogP contribution in [-0.2, 0) is 11.2 Å². The van der Waals surface area contributed by atoms with Crippen LogP contribution in [0.3, 0.4) is 0 Å². The maximum absolute atomic E-state index is 12.7. The van der Waals surface area contributed by atoms with E-state index in [9.17, 15) is 17.6 Å². The lowest BCUT2D eigenvalue weighted by Crippen LogP contribution is -2.38. The van der Waals surface area contributed by atoms with Gasteiger partial charge in [-0.2, -0.15) is 8.78 Å². The van der Waals surface area contributed by atoms with Crippen LogP contribution < -0.4 is 5.32 Å². The summed E-state index contributed by atoms with van der Waals surface area (Å²) in [4.78, 5) is 1.09. The lowest BCUT2D eigenvalue weighted by Gasteiger charge is -2.20. The van der Waals surface area contributed by atoms with E-state index in [2.05, 4.69) is 5.32 Å². The third-order valence-corrected chi connectivity index (χ3v) is 3.35. The van der Waals surface area contributed by atoms with E-state index in [1.54, 1.807) is 11.3 Å². The van der Waals surface area contributed by atoms with Crippen LogP contribution in [0.1, 0.15) is 11.8 Å². The van der Waals surface area contributed by atoms with Gasteiger partial charge in [-0.25, -0.2) is 8.78 Å². The van der Waals surface area contributed by atoms with Gasteiger partial charge in [0.25, 0.3) is 0 Å². The van der Waals surface area contributed by atoms with Crippen LogP contribution >= 0.6 is 11.3 Å². The zero-order valence-corrected chi connectivity index (χ0v) is 11.4. The molecule has 7 heteroatoms. The largest absolute Gasteiger partial charge is 0.373 e. The van der Waals surface area contributed by atoms with Crippen LogP contribution in [0.15, 0.2) is 17.5 Å². The Morgan fingerprint density at radius 1 is 1.42 bits per heavy atom. The quantitative estimate of drug-likeness (QED) is 0.707. The van der Waals surface area contributed by atoms with Crippen molar-refractivity contribution in [2.24, 2.45) is 0 Å². The summed E-state index contributed by atoms with van der Waals surface area (Å²) in [6.07, 6.45) is -3.06. The van der Waals surface area contributed by atoms with E-state index in [4.69, 9.17) is 4.74 Å². The zero-order chi connectivity index (χ0) is 14.3.